The van der Waals surface area contributed by atoms with E-state index in [-0.39, 0.29) is 35.8 Å². The lowest BCUT2D eigenvalue weighted by molar-refractivity contribution is -0.137. The summed E-state index contributed by atoms with van der Waals surface area (Å²) in [6, 6.07) is 9.67. The van der Waals surface area contributed by atoms with Crippen molar-refractivity contribution in [2.24, 2.45) is 11.8 Å². The fourth-order valence-corrected chi connectivity index (χ4v) is 3.16. The van der Waals surface area contributed by atoms with Crippen LogP contribution in [0, 0.1) is 11.8 Å². The third kappa shape index (κ3) is 7.14. The molecule has 0 aliphatic rings. The highest BCUT2D eigenvalue weighted by Gasteiger charge is 2.32. The molecule has 0 aliphatic heterocycles. The van der Waals surface area contributed by atoms with Gasteiger partial charge in [-0.1, -0.05) is 45.0 Å². The molecular weight excluding hydrogens is 423 g/mol. The van der Waals surface area contributed by atoms with E-state index in [1.165, 1.54) is 12.1 Å². The Bertz CT molecular complexity index is 966. The molecule has 1 amide bonds. The molecule has 2 aromatic rings. The van der Waals surface area contributed by atoms with E-state index in [1.807, 2.05) is 20.8 Å². The Morgan fingerprint density at radius 3 is 2.31 bits per heavy atom. The van der Waals surface area contributed by atoms with Crippen LogP contribution in [-0.2, 0) is 22.4 Å². The van der Waals surface area contributed by atoms with Gasteiger partial charge in [-0.25, -0.2) is 4.79 Å². The van der Waals surface area contributed by atoms with Crippen molar-refractivity contribution in [1.82, 2.24) is 0 Å². The first kappa shape index (κ1) is 25.0. The van der Waals surface area contributed by atoms with Crippen molar-refractivity contribution in [2.75, 3.05) is 5.32 Å². The zero-order valence-corrected chi connectivity index (χ0v) is 18.1. The van der Waals surface area contributed by atoms with Crippen LogP contribution in [0.4, 0.5) is 18.9 Å². The molecule has 5 nitrogen and oxygen atoms in total. The summed E-state index contributed by atoms with van der Waals surface area (Å²) >= 11 is 0. The van der Waals surface area contributed by atoms with Gasteiger partial charge in [0.1, 0.15) is 12.4 Å². The molecule has 172 valence electrons. The number of nitrogens with one attached hydrogen (secondary N) is 1. The Labute approximate surface area is 184 Å². The molecule has 1 atom stereocenters. The van der Waals surface area contributed by atoms with Gasteiger partial charge in [0.15, 0.2) is 0 Å². The molecule has 0 spiro atoms. The third-order valence-electron chi connectivity index (χ3n) is 4.94. The van der Waals surface area contributed by atoms with Crippen LogP contribution in [0.3, 0.4) is 0 Å². The smallest absolute Gasteiger partial charge is 0.416 e. The predicted octanol–water partition coefficient (Wildman–Crippen LogP) is 6.00. The molecule has 0 aromatic heterocycles. The van der Waals surface area contributed by atoms with Gasteiger partial charge in [0, 0.05) is 12.0 Å². The second kappa shape index (κ2) is 10.8. The number of rotatable bonds is 9. The van der Waals surface area contributed by atoms with Gasteiger partial charge in [0.05, 0.1) is 11.3 Å². The average Bonchev–Trinajstić information content (AvgIpc) is 2.71. The summed E-state index contributed by atoms with van der Waals surface area (Å²) in [4.78, 5) is 23.2. The van der Waals surface area contributed by atoms with Crippen LogP contribution in [0.5, 0.6) is 5.75 Å². The van der Waals surface area contributed by atoms with Crippen LogP contribution < -0.4 is 10.1 Å². The van der Waals surface area contributed by atoms with Crippen LogP contribution >= 0.6 is 0 Å². The van der Waals surface area contributed by atoms with E-state index in [1.54, 1.807) is 24.3 Å². The number of carbonyl (C=O) groups is 2. The molecular formula is C24H26F3NO4. The number of hydrogen-bond acceptors (Lipinski definition) is 3. The summed E-state index contributed by atoms with van der Waals surface area (Å²) in [5, 5.41) is 11.4. The van der Waals surface area contributed by atoms with Gasteiger partial charge in [-0.2, -0.15) is 13.2 Å². The number of aliphatic carboxylic acids is 1. The maximum atomic E-state index is 13.2. The van der Waals surface area contributed by atoms with Crippen molar-refractivity contribution in [3.05, 3.63) is 65.2 Å². The number of halogens is 3. The van der Waals surface area contributed by atoms with E-state index in [0.29, 0.717) is 17.5 Å². The van der Waals surface area contributed by atoms with E-state index in [4.69, 9.17) is 9.84 Å². The second-order valence-electron chi connectivity index (χ2n) is 7.66. The van der Waals surface area contributed by atoms with Gasteiger partial charge < -0.3 is 15.2 Å². The molecule has 0 fully saturated rings. The lowest BCUT2D eigenvalue weighted by Crippen LogP contribution is -2.26. The molecule has 0 bridgehead atoms. The molecule has 1 unspecified atom stereocenters. The lowest BCUT2D eigenvalue weighted by atomic mass is 9.92. The minimum Gasteiger partial charge on any atom is -0.487 e. The Kier molecular flexibility index (Phi) is 8.46. The highest BCUT2D eigenvalue weighted by atomic mass is 19.4. The highest BCUT2D eigenvalue weighted by molar-refractivity contribution is 5.94. The first-order valence-electron chi connectivity index (χ1n) is 10.2. The monoisotopic (exact) mass is 449 g/mol. The second-order valence-corrected chi connectivity index (χ2v) is 7.66. The van der Waals surface area contributed by atoms with Crippen molar-refractivity contribution in [2.45, 2.75) is 40.0 Å². The van der Waals surface area contributed by atoms with Gasteiger partial charge in [0.25, 0.3) is 0 Å². The van der Waals surface area contributed by atoms with Gasteiger partial charge >= 0.3 is 12.1 Å². The van der Waals surface area contributed by atoms with Crippen molar-refractivity contribution >= 4 is 23.6 Å². The summed E-state index contributed by atoms with van der Waals surface area (Å²) in [6.07, 6.45) is -1.53. The minimum atomic E-state index is -4.55. The topological polar surface area (TPSA) is 75.6 Å². The first-order chi connectivity index (χ1) is 15.0. The van der Waals surface area contributed by atoms with E-state index >= 15 is 0 Å². The standard InChI is InChI=1S/C24H26F3NO4/c1-4-19(15(2)3)23(31)28-20-11-10-18(24(25,26)27)13-21(20)32-14-17-7-5-16(6-8-17)9-12-22(29)30/h5-13,15,19H,4,14H2,1-3H3,(H,28,31)(H,29,30)/b12-9+. The Morgan fingerprint density at radius 2 is 1.78 bits per heavy atom. The van der Waals surface area contributed by atoms with Gasteiger partial charge in [-0.05, 0) is 47.7 Å². The molecule has 2 rings (SSSR count). The summed E-state index contributed by atoms with van der Waals surface area (Å²) in [6.45, 7) is 5.67. The molecule has 0 aliphatic carbocycles. The zero-order chi connectivity index (χ0) is 23.9. The number of anilines is 1. The Balaban J connectivity index is 2.23. The van der Waals surface area contributed by atoms with Gasteiger partial charge in [-0.3, -0.25) is 4.79 Å². The van der Waals surface area contributed by atoms with Crippen LogP contribution in [0.2, 0.25) is 0 Å². The Morgan fingerprint density at radius 1 is 1.12 bits per heavy atom. The van der Waals surface area contributed by atoms with E-state index in [2.05, 4.69) is 5.32 Å². The van der Waals surface area contributed by atoms with Crippen LogP contribution in [-0.4, -0.2) is 17.0 Å². The summed E-state index contributed by atoms with van der Waals surface area (Å²) in [7, 11) is 0. The van der Waals surface area contributed by atoms with Crippen molar-refractivity contribution in [3.8, 4) is 5.75 Å². The van der Waals surface area contributed by atoms with Crippen LogP contribution in [0.15, 0.2) is 48.5 Å². The van der Waals surface area contributed by atoms with Crippen LogP contribution in [0.1, 0.15) is 43.9 Å². The number of benzene rings is 2. The predicted molar refractivity (Wildman–Crippen MR) is 116 cm³/mol. The quantitative estimate of drug-likeness (QED) is 0.460. The SMILES string of the molecule is CCC(C(=O)Nc1ccc(C(F)(F)F)cc1OCc1ccc(/C=C/C(=O)O)cc1)C(C)C. The third-order valence-corrected chi connectivity index (χ3v) is 4.94. The summed E-state index contributed by atoms with van der Waals surface area (Å²) in [5.74, 6) is -1.63. The maximum absolute atomic E-state index is 13.2. The average molecular weight is 449 g/mol. The van der Waals surface area contributed by atoms with Gasteiger partial charge in [0.2, 0.25) is 5.91 Å². The highest BCUT2D eigenvalue weighted by Crippen LogP contribution is 2.36. The molecule has 0 radical (unpaired) electrons. The molecule has 0 heterocycles. The molecule has 0 saturated carbocycles. The molecule has 8 heteroatoms. The lowest BCUT2D eigenvalue weighted by Gasteiger charge is -2.20. The normalized spacial score (nSPS) is 12.7. The van der Waals surface area contributed by atoms with Gasteiger partial charge in [-0.15, -0.1) is 0 Å². The fraction of sp³-hybridized carbons (Fsp3) is 0.333. The van der Waals surface area contributed by atoms with Crippen LogP contribution in [0.25, 0.3) is 6.08 Å². The largest absolute Gasteiger partial charge is 0.487 e. The van der Waals surface area contributed by atoms with E-state index in [9.17, 15) is 22.8 Å². The number of carbonyl (C=O) groups excluding carboxylic acids is 1. The number of ether oxygens (including phenoxy) is 1. The number of hydrogen-bond donors (Lipinski definition) is 2. The number of amides is 1. The number of alkyl halides is 3. The summed E-state index contributed by atoms with van der Waals surface area (Å²) < 4.78 is 45.2. The first-order valence-corrected chi connectivity index (χ1v) is 10.2. The molecule has 0 saturated heterocycles. The van der Waals surface area contributed by atoms with Crippen molar-refractivity contribution in [1.29, 1.82) is 0 Å². The zero-order valence-electron chi connectivity index (χ0n) is 18.1. The number of carboxylic acid groups (broad SMARTS) is 1. The molecule has 32 heavy (non-hydrogen) atoms. The minimum absolute atomic E-state index is 0.0332. The summed E-state index contributed by atoms with van der Waals surface area (Å²) in [5.41, 5.74) is 0.613. The van der Waals surface area contributed by atoms with E-state index < -0.39 is 17.7 Å². The maximum Gasteiger partial charge on any atom is 0.416 e. The number of carboxylic acids is 1. The van der Waals surface area contributed by atoms with Crippen molar-refractivity contribution in [3.63, 3.8) is 0 Å². The van der Waals surface area contributed by atoms with Crippen molar-refractivity contribution < 1.29 is 32.6 Å². The molecule has 2 N–H and O–H groups in total. The Hall–Kier alpha value is -3.29. The van der Waals surface area contributed by atoms with E-state index in [0.717, 1.165) is 18.2 Å². The fourth-order valence-electron chi connectivity index (χ4n) is 3.16. The molecule has 2 aromatic carbocycles.